The van der Waals surface area contributed by atoms with Crippen molar-refractivity contribution in [2.24, 2.45) is 5.84 Å². The van der Waals surface area contributed by atoms with Gasteiger partial charge >= 0.3 is 0 Å². The van der Waals surface area contributed by atoms with Crippen LogP contribution in [0.25, 0.3) is 0 Å². The Bertz CT molecular complexity index is 288. The minimum Gasteiger partial charge on any atom is -0.374 e. The highest BCUT2D eigenvalue weighted by Gasteiger charge is 2.03. The van der Waals surface area contributed by atoms with E-state index in [-0.39, 0.29) is 5.91 Å². The number of hydrogen-bond donors (Lipinski definition) is 3. The number of nitrogens with one attached hydrogen (secondary N) is 1. The van der Waals surface area contributed by atoms with Gasteiger partial charge in [0.15, 0.2) is 4.34 Å². The summed E-state index contributed by atoms with van der Waals surface area (Å²) in [5, 5.41) is 7.85. The van der Waals surface area contributed by atoms with Gasteiger partial charge in [0.2, 0.25) is 11.0 Å². The zero-order valence-electron chi connectivity index (χ0n) is 6.69. The van der Waals surface area contributed by atoms with Gasteiger partial charge in [-0.05, 0) is 0 Å². The molecule has 0 aliphatic heterocycles. The van der Waals surface area contributed by atoms with E-state index in [1.807, 2.05) is 5.43 Å². The van der Waals surface area contributed by atoms with Crippen LogP contribution in [-0.2, 0) is 4.79 Å². The van der Waals surface area contributed by atoms with E-state index in [2.05, 4.69) is 10.2 Å². The standard InChI is InChI=1S/C5H9N5OS2/c6-4-9-10-5(13-4)12-2-1-3(11)8-7/h1-2,7H2,(H2,6,9)(H,8,11). The summed E-state index contributed by atoms with van der Waals surface area (Å²) in [5.74, 6) is 5.33. The lowest BCUT2D eigenvalue weighted by molar-refractivity contribution is -0.120. The Morgan fingerprint density at radius 3 is 2.92 bits per heavy atom. The summed E-state index contributed by atoms with van der Waals surface area (Å²) in [6.45, 7) is 0. The third-order valence-corrected chi connectivity index (χ3v) is 3.03. The highest BCUT2D eigenvalue weighted by atomic mass is 32.2. The van der Waals surface area contributed by atoms with Crippen molar-refractivity contribution in [2.75, 3.05) is 11.5 Å². The summed E-state index contributed by atoms with van der Waals surface area (Å²) >= 11 is 2.74. The van der Waals surface area contributed by atoms with Crippen LogP contribution in [0.2, 0.25) is 0 Å². The van der Waals surface area contributed by atoms with Crippen LogP contribution in [0.5, 0.6) is 0 Å². The van der Waals surface area contributed by atoms with Gasteiger partial charge in [-0.15, -0.1) is 10.2 Å². The smallest absolute Gasteiger partial charge is 0.234 e. The number of carbonyl (C=O) groups is 1. The predicted molar refractivity (Wildman–Crippen MR) is 52.0 cm³/mol. The number of hydrogen-bond acceptors (Lipinski definition) is 7. The fraction of sp³-hybridized carbons (Fsp3) is 0.400. The van der Waals surface area contributed by atoms with E-state index in [9.17, 15) is 4.79 Å². The number of nitrogens with two attached hydrogens (primary N) is 2. The molecule has 1 heterocycles. The minimum absolute atomic E-state index is 0.190. The predicted octanol–water partition coefficient (Wildman–Crippen LogP) is -0.408. The molecule has 0 radical (unpaired) electrons. The second-order valence-corrected chi connectivity index (χ2v) is 4.42. The number of carbonyl (C=O) groups excluding carboxylic acids is 1. The van der Waals surface area contributed by atoms with E-state index in [1.54, 1.807) is 0 Å². The molecule has 1 amide bonds. The molecule has 0 unspecified atom stereocenters. The van der Waals surface area contributed by atoms with Crippen molar-refractivity contribution < 1.29 is 4.79 Å². The summed E-state index contributed by atoms with van der Waals surface area (Å²) in [7, 11) is 0. The van der Waals surface area contributed by atoms with E-state index in [0.717, 1.165) is 4.34 Å². The molecule has 6 nitrogen and oxygen atoms in total. The van der Waals surface area contributed by atoms with Gasteiger partial charge in [-0.25, -0.2) is 5.84 Å². The molecule has 1 aromatic rings. The molecule has 72 valence electrons. The Kier molecular flexibility index (Phi) is 3.93. The van der Waals surface area contributed by atoms with Gasteiger partial charge in [-0.1, -0.05) is 23.1 Å². The van der Waals surface area contributed by atoms with E-state index in [4.69, 9.17) is 11.6 Å². The van der Waals surface area contributed by atoms with Gasteiger partial charge in [-0.2, -0.15) is 0 Å². The average Bonchev–Trinajstić information content (AvgIpc) is 2.51. The first kappa shape index (κ1) is 10.2. The van der Waals surface area contributed by atoms with Gasteiger partial charge in [-0.3, -0.25) is 10.2 Å². The lowest BCUT2D eigenvalue weighted by atomic mass is 10.5. The first-order valence-corrected chi connectivity index (χ1v) is 5.24. The van der Waals surface area contributed by atoms with E-state index < -0.39 is 0 Å². The number of nitrogens with zero attached hydrogens (tertiary/aromatic N) is 2. The van der Waals surface area contributed by atoms with Crippen molar-refractivity contribution in [3.8, 4) is 0 Å². The Morgan fingerprint density at radius 2 is 2.38 bits per heavy atom. The first-order valence-electron chi connectivity index (χ1n) is 3.43. The second kappa shape index (κ2) is 5.00. The molecule has 0 fully saturated rings. The molecule has 0 saturated carbocycles. The lowest BCUT2D eigenvalue weighted by Crippen LogP contribution is -2.30. The van der Waals surface area contributed by atoms with Crippen molar-refractivity contribution >= 4 is 34.1 Å². The van der Waals surface area contributed by atoms with Gasteiger partial charge in [0, 0.05) is 12.2 Å². The topological polar surface area (TPSA) is 107 Å². The van der Waals surface area contributed by atoms with Crippen molar-refractivity contribution in [3.05, 3.63) is 0 Å². The van der Waals surface area contributed by atoms with E-state index >= 15 is 0 Å². The molecule has 0 atom stereocenters. The largest absolute Gasteiger partial charge is 0.374 e. The van der Waals surface area contributed by atoms with Crippen LogP contribution in [0.15, 0.2) is 4.34 Å². The number of nitrogen functional groups attached to an aromatic ring is 1. The highest BCUT2D eigenvalue weighted by Crippen LogP contribution is 2.23. The number of thioether (sulfide) groups is 1. The molecule has 0 spiro atoms. The zero-order valence-corrected chi connectivity index (χ0v) is 8.32. The lowest BCUT2D eigenvalue weighted by Gasteiger charge is -1.95. The van der Waals surface area contributed by atoms with Crippen molar-refractivity contribution in [1.82, 2.24) is 15.6 Å². The SMILES string of the molecule is NNC(=O)CCSc1nnc(N)s1. The van der Waals surface area contributed by atoms with Gasteiger partial charge in [0.05, 0.1) is 0 Å². The van der Waals surface area contributed by atoms with Crippen LogP contribution in [0.3, 0.4) is 0 Å². The van der Waals surface area contributed by atoms with Crippen LogP contribution < -0.4 is 17.0 Å². The zero-order chi connectivity index (χ0) is 9.68. The molecule has 5 N–H and O–H groups in total. The molecule has 13 heavy (non-hydrogen) atoms. The van der Waals surface area contributed by atoms with Gasteiger partial charge < -0.3 is 5.73 Å². The first-order chi connectivity index (χ1) is 6.22. The molecule has 1 aromatic heterocycles. The quantitative estimate of drug-likeness (QED) is 0.275. The number of anilines is 1. The monoisotopic (exact) mass is 219 g/mol. The summed E-state index contributed by atoms with van der Waals surface area (Å²) < 4.78 is 0.766. The maximum atomic E-state index is 10.7. The fourth-order valence-electron chi connectivity index (χ4n) is 0.582. The normalized spacial score (nSPS) is 9.92. The average molecular weight is 219 g/mol. The number of hydrazine groups is 1. The van der Waals surface area contributed by atoms with Crippen molar-refractivity contribution in [1.29, 1.82) is 0 Å². The second-order valence-electron chi connectivity index (χ2n) is 2.07. The van der Waals surface area contributed by atoms with Crippen LogP contribution in [-0.4, -0.2) is 21.9 Å². The summed E-state index contributed by atoms with van der Waals surface area (Å²) in [6, 6.07) is 0. The molecule has 8 heteroatoms. The van der Waals surface area contributed by atoms with E-state index in [1.165, 1.54) is 23.1 Å². The molecular weight excluding hydrogens is 210 g/mol. The van der Waals surface area contributed by atoms with Crippen LogP contribution >= 0.6 is 23.1 Å². The Balaban J connectivity index is 2.24. The Morgan fingerprint density at radius 1 is 1.62 bits per heavy atom. The molecule has 0 bridgehead atoms. The van der Waals surface area contributed by atoms with Crippen molar-refractivity contribution in [2.45, 2.75) is 10.8 Å². The van der Waals surface area contributed by atoms with Crippen molar-refractivity contribution in [3.63, 3.8) is 0 Å². The molecule has 0 aliphatic rings. The summed E-state index contributed by atoms with van der Waals surface area (Å²) in [6.07, 6.45) is 0.362. The third kappa shape index (κ3) is 3.57. The van der Waals surface area contributed by atoms with Gasteiger partial charge in [0.25, 0.3) is 0 Å². The molecule has 0 aromatic carbocycles. The van der Waals surface area contributed by atoms with E-state index in [0.29, 0.717) is 17.3 Å². The number of amides is 1. The Hall–Kier alpha value is -0.860. The highest BCUT2D eigenvalue weighted by molar-refractivity contribution is 8.01. The molecule has 0 saturated heterocycles. The third-order valence-electron chi connectivity index (χ3n) is 1.14. The van der Waals surface area contributed by atoms with Crippen LogP contribution in [0.1, 0.15) is 6.42 Å². The number of aromatic nitrogens is 2. The molecule has 1 rings (SSSR count). The number of rotatable bonds is 4. The maximum Gasteiger partial charge on any atom is 0.234 e. The summed E-state index contributed by atoms with van der Waals surface area (Å²) in [4.78, 5) is 10.7. The fourth-order valence-corrected chi connectivity index (χ4v) is 2.23. The minimum atomic E-state index is -0.190. The maximum absolute atomic E-state index is 10.7. The molecule has 0 aliphatic carbocycles. The van der Waals surface area contributed by atoms with Gasteiger partial charge in [0.1, 0.15) is 0 Å². The molecular formula is C5H9N5OS2. The Labute approximate surface area is 83.1 Å². The summed E-state index contributed by atoms with van der Waals surface area (Å²) in [5.41, 5.74) is 7.42. The van der Waals surface area contributed by atoms with Crippen LogP contribution in [0, 0.1) is 0 Å². The van der Waals surface area contributed by atoms with Crippen LogP contribution in [0.4, 0.5) is 5.13 Å².